The largest absolute Gasteiger partial charge is 0.296 e. The van der Waals surface area contributed by atoms with E-state index in [1.807, 2.05) is 11.3 Å². The van der Waals surface area contributed by atoms with Crippen LogP contribution >= 0.6 is 22.9 Å². The predicted octanol–water partition coefficient (Wildman–Crippen LogP) is 3.61. The van der Waals surface area contributed by atoms with Crippen LogP contribution in [-0.2, 0) is 23.0 Å². The van der Waals surface area contributed by atoms with Crippen molar-refractivity contribution in [2.24, 2.45) is 0 Å². The molecule has 2 aromatic rings. The fourth-order valence-corrected chi connectivity index (χ4v) is 6.27. The van der Waals surface area contributed by atoms with Crippen LogP contribution in [0.25, 0.3) is 0 Å². The van der Waals surface area contributed by atoms with Gasteiger partial charge in [0.05, 0.1) is 4.90 Å². The van der Waals surface area contributed by atoms with E-state index in [9.17, 15) is 8.42 Å². The maximum Gasteiger partial charge on any atom is 0.243 e. The Morgan fingerprint density at radius 3 is 2.48 bits per heavy atom. The van der Waals surface area contributed by atoms with E-state index in [-0.39, 0.29) is 0 Å². The molecule has 0 amide bonds. The van der Waals surface area contributed by atoms with Crippen molar-refractivity contribution in [2.45, 2.75) is 36.7 Å². The Hall–Kier alpha value is -0.920. The lowest BCUT2D eigenvalue weighted by molar-refractivity contribution is 0.127. The molecule has 1 fully saturated rings. The van der Waals surface area contributed by atoms with Crippen LogP contribution in [-0.4, -0.2) is 43.3 Å². The molecule has 4 nitrogen and oxygen atoms in total. The second-order valence-corrected chi connectivity index (χ2v) is 10.1. The van der Waals surface area contributed by atoms with Gasteiger partial charge in [-0.2, -0.15) is 4.31 Å². The molecule has 0 atom stereocenters. The van der Waals surface area contributed by atoms with Crippen molar-refractivity contribution in [1.29, 1.82) is 0 Å². The molecule has 1 aromatic carbocycles. The van der Waals surface area contributed by atoms with Gasteiger partial charge in [0.25, 0.3) is 0 Å². The first-order valence-corrected chi connectivity index (χ1v) is 11.3. The molecule has 0 N–H and O–H groups in total. The average molecular weight is 397 g/mol. The number of hydrogen-bond donors (Lipinski definition) is 0. The second-order valence-electron chi connectivity index (χ2n) is 6.68. The number of hydrogen-bond acceptors (Lipinski definition) is 4. The van der Waals surface area contributed by atoms with E-state index >= 15 is 0 Å². The molecule has 4 rings (SSSR count). The maximum absolute atomic E-state index is 12.8. The van der Waals surface area contributed by atoms with Gasteiger partial charge in [0, 0.05) is 42.1 Å². The van der Waals surface area contributed by atoms with E-state index in [0.29, 0.717) is 29.0 Å². The van der Waals surface area contributed by atoms with E-state index in [0.717, 1.165) is 32.4 Å². The van der Waals surface area contributed by atoms with Crippen molar-refractivity contribution in [3.05, 3.63) is 51.2 Å². The number of sulfonamides is 1. The van der Waals surface area contributed by atoms with Gasteiger partial charge in [-0.3, -0.25) is 4.90 Å². The summed E-state index contributed by atoms with van der Waals surface area (Å²) in [5, 5.41) is 2.73. The van der Waals surface area contributed by atoms with Crippen molar-refractivity contribution in [1.82, 2.24) is 9.21 Å². The van der Waals surface area contributed by atoms with Crippen LogP contribution in [0.15, 0.2) is 40.6 Å². The monoisotopic (exact) mass is 396 g/mol. The molecule has 0 saturated carbocycles. The Morgan fingerprint density at radius 1 is 1.04 bits per heavy atom. The summed E-state index contributed by atoms with van der Waals surface area (Å²) in [5.41, 5.74) is 1.45. The van der Waals surface area contributed by atoms with Gasteiger partial charge in [0.1, 0.15) is 0 Å². The number of fused-ring (bicyclic) bond motifs is 1. The molecule has 2 aliphatic rings. The van der Waals surface area contributed by atoms with E-state index in [4.69, 9.17) is 11.6 Å². The summed E-state index contributed by atoms with van der Waals surface area (Å²) >= 11 is 7.72. The Bertz CT molecular complexity index is 840. The minimum absolute atomic E-state index is 0.330. The van der Waals surface area contributed by atoms with Gasteiger partial charge < -0.3 is 0 Å². The first-order chi connectivity index (χ1) is 12.0. The summed E-state index contributed by atoms with van der Waals surface area (Å²) < 4.78 is 27.2. The van der Waals surface area contributed by atoms with Crippen LogP contribution in [0, 0.1) is 0 Å². The third kappa shape index (κ3) is 3.51. The molecule has 1 aromatic heterocycles. The van der Waals surface area contributed by atoms with Crippen molar-refractivity contribution < 1.29 is 8.42 Å². The van der Waals surface area contributed by atoms with Gasteiger partial charge in [0.15, 0.2) is 0 Å². The molecule has 2 aliphatic heterocycles. The standard InChI is InChI=1S/C18H21ClN2O2S2/c19-15-1-3-17(4-2-15)25(22,23)21-10-5-16(6-11-21)20-9-7-18-14(13-20)8-12-24-18/h1-4,8,12,16H,5-7,9-11,13H2. The van der Waals surface area contributed by atoms with E-state index in [1.54, 1.807) is 28.6 Å². The third-order valence-corrected chi connectivity index (χ3v) is 8.42. The fraction of sp³-hybridized carbons (Fsp3) is 0.444. The fourth-order valence-electron chi connectivity index (χ4n) is 3.79. The Balaban J connectivity index is 1.41. The van der Waals surface area contributed by atoms with E-state index in [2.05, 4.69) is 16.3 Å². The zero-order valence-electron chi connectivity index (χ0n) is 13.9. The lowest BCUT2D eigenvalue weighted by atomic mass is 10.0. The van der Waals surface area contributed by atoms with Crippen LogP contribution < -0.4 is 0 Å². The van der Waals surface area contributed by atoms with Crippen molar-refractivity contribution in [3.63, 3.8) is 0 Å². The lowest BCUT2D eigenvalue weighted by Gasteiger charge is -2.39. The molecule has 0 unspecified atom stereocenters. The zero-order chi connectivity index (χ0) is 17.4. The van der Waals surface area contributed by atoms with Gasteiger partial charge in [-0.05, 0) is 60.5 Å². The number of nitrogens with zero attached hydrogens (tertiary/aromatic N) is 2. The van der Waals surface area contributed by atoms with Crippen molar-refractivity contribution in [3.8, 4) is 0 Å². The molecule has 134 valence electrons. The highest BCUT2D eigenvalue weighted by Crippen LogP contribution is 2.29. The van der Waals surface area contributed by atoms with Crippen LogP contribution in [0.4, 0.5) is 0 Å². The summed E-state index contributed by atoms with van der Waals surface area (Å²) in [6.45, 7) is 3.26. The van der Waals surface area contributed by atoms with Gasteiger partial charge >= 0.3 is 0 Å². The first-order valence-electron chi connectivity index (χ1n) is 8.59. The number of rotatable bonds is 3. The maximum atomic E-state index is 12.8. The van der Waals surface area contributed by atoms with Gasteiger partial charge in [-0.15, -0.1) is 11.3 Å². The molecule has 25 heavy (non-hydrogen) atoms. The minimum Gasteiger partial charge on any atom is -0.296 e. The minimum atomic E-state index is -3.41. The van der Waals surface area contributed by atoms with Crippen LogP contribution in [0.3, 0.4) is 0 Å². The lowest BCUT2D eigenvalue weighted by Crippen LogP contribution is -2.47. The van der Waals surface area contributed by atoms with Crippen LogP contribution in [0.5, 0.6) is 0 Å². The topological polar surface area (TPSA) is 40.6 Å². The Kier molecular flexibility index (Phi) is 4.90. The molecular weight excluding hydrogens is 376 g/mol. The highest BCUT2D eigenvalue weighted by Gasteiger charge is 2.32. The molecule has 1 saturated heterocycles. The second kappa shape index (κ2) is 7.00. The molecule has 0 spiro atoms. The van der Waals surface area contributed by atoms with Gasteiger partial charge in [0.2, 0.25) is 10.0 Å². The smallest absolute Gasteiger partial charge is 0.243 e. The molecule has 3 heterocycles. The normalized spacial score (nSPS) is 20.5. The highest BCUT2D eigenvalue weighted by atomic mass is 35.5. The molecule has 7 heteroatoms. The number of piperidine rings is 1. The SMILES string of the molecule is O=S(=O)(c1ccc(Cl)cc1)N1CCC(N2CCc3sccc3C2)CC1. The van der Waals surface area contributed by atoms with E-state index < -0.39 is 10.0 Å². The van der Waals surface area contributed by atoms with E-state index in [1.165, 1.54) is 10.4 Å². The van der Waals surface area contributed by atoms with Crippen molar-refractivity contribution >= 4 is 33.0 Å². The third-order valence-electron chi connectivity index (χ3n) is 5.23. The van der Waals surface area contributed by atoms with Gasteiger partial charge in [-0.25, -0.2) is 8.42 Å². The molecular formula is C18H21ClN2O2S2. The van der Waals surface area contributed by atoms with Crippen LogP contribution in [0.1, 0.15) is 23.3 Å². The summed E-state index contributed by atoms with van der Waals surface area (Å²) in [6, 6.07) is 9.15. The average Bonchev–Trinajstić information content (AvgIpc) is 3.10. The molecule has 0 bridgehead atoms. The zero-order valence-corrected chi connectivity index (χ0v) is 16.3. The molecule has 0 radical (unpaired) electrons. The summed E-state index contributed by atoms with van der Waals surface area (Å²) in [6.07, 6.45) is 2.91. The number of benzene rings is 1. The highest BCUT2D eigenvalue weighted by molar-refractivity contribution is 7.89. The van der Waals surface area contributed by atoms with Gasteiger partial charge in [-0.1, -0.05) is 11.6 Å². The summed E-state index contributed by atoms with van der Waals surface area (Å²) in [7, 11) is -3.41. The van der Waals surface area contributed by atoms with Crippen molar-refractivity contribution in [2.75, 3.05) is 19.6 Å². The summed E-state index contributed by atoms with van der Waals surface area (Å²) in [5.74, 6) is 0. The Labute approximate surface area is 158 Å². The van der Waals surface area contributed by atoms with Crippen LogP contribution in [0.2, 0.25) is 5.02 Å². The summed E-state index contributed by atoms with van der Waals surface area (Å²) in [4.78, 5) is 4.37. The molecule has 0 aliphatic carbocycles. The Morgan fingerprint density at radius 2 is 1.76 bits per heavy atom. The number of halogens is 1. The first kappa shape index (κ1) is 17.5. The predicted molar refractivity (Wildman–Crippen MR) is 102 cm³/mol. The quantitative estimate of drug-likeness (QED) is 0.795. The number of thiophene rings is 1.